The van der Waals surface area contributed by atoms with E-state index in [-0.39, 0.29) is 13.2 Å². The maximum Gasteiger partial charge on any atom is 0.405 e. The molecule has 0 saturated carbocycles. The summed E-state index contributed by atoms with van der Waals surface area (Å²) in [6, 6.07) is -1.17. The number of ether oxygens (including phenoxy) is 2. The summed E-state index contributed by atoms with van der Waals surface area (Å²) in [6.07, 6.45) is -4.80. The van der Waals surface area contributed by atoms with Gasteiger partial charge in [0.2, 0.25) is 0 Å². The molecule has 0 radical (unpaired) electrons. The summed E-state index contributed by atoms with van der Waals surface area (Å²) in [7, 11) is 0. The number of rotatable bonds is 1. The zero-order valence-electron chi connectivity index (χ0n) is 9.20. The highest BCUT2D eigenvalue weighted by Gasteiger charge is 2.32. The quantitative estimate of drug-likeness (QED) is 0.408. The van der Waals surface area contributed by atoms with Gasteiger partial charge < -0.3 is 30.1 Å². The molecule has 1 amide bonds. The van der Waals surface area contributed by atoms with Crippen LogP contribution in [0.5, 0.6) is 0 Å². The van der Waals surface area contributed by atoms with E-state index < -0.39 is 36.4 Å². The molecule has 1 aliphatic heterocycles. The summed E-state index contributed by atoms with van der Waals surface area (Å²) in [5, 5.41) is 29.4. The first-order chi connectivity index (χ1) is 7.91. The van der Waals surface area contributed by atoms with Gasteiger partial charge in [0.15, 0.2) is 6.04 Å². The Morgan fingerprint density at radius 1 is 1.41 bits per heavy atom. The molecular weight excluding hydrogens is 234 g/mol. The number of cyclic esters (lactones) is 1. The Bertz CT molecular complexity index is 295. The third-order valence-corrected chi connectivity index (χ3v) is 2.33. The van der Waals surface area contributed by atoms with Crippen molar-refractivity contribution in [2.75, 3.05) is 13.2 Å². The van der Waals surface area contributed by atoms with Gasteiger partial charge in [-0.15, -0.1) is 0 Å². The molecule has 0 bridgehead atoms. The van der Waals surface area contributed by atoms with E-state index in [2.05, 4.69) is 0 Å². The normalized spacial score (nSPS) is 35.1. The predicted octanol–water partition coefficient (Wildman–Crippen LogP) is -1.69. The number of hydrogen-bond donors (Lipinski definition) is 4. The van der Waals surface area contributed by atoms with Gasteiger partial charge in [-0.2, -0.15) is 0 Å². The number of carbonyl (C=O) groups excluding carboxylic acids is 1. The third kappa shape index (κ3) is 3.84. The maximum absolute atomic E-state index is 11.5. The standard InChI is InChI=1S/C9H15NO7/c1-4-7(12)6(11)3-16-2-5(8(13)17-4)10-9(14)15/h4-7,10-12H,2-3H2,1H3,(H,14,15)/t4-,5-,6-,7-/m0/s1. The van der Waals surface area contributed by atoms with E-state index in [1.807, 2.05) is 5.32 Å². The molecule has 1 aliphatic rings. The SMILES string of the molecule is C[C@@H]1OC(=O)[C@@H](NC(=O)O)COC[C@H](O)[C@H]1O. The van der Waals surface area contributed by atoms with Gasteiger partial charge >= 0.3 is 12.1 Å². The average molecular weight is 249 g/mol. The first-order valence-corrected chi connectivity index (χ1v) is 5.05. The molecule has 17 heavy (non-hydrogen) atoms. The summed E-state index contributed by atoms with van der Waals surface area (Å²) < 4.78 is 9.75. The van der Waals surface area contributed by atoms with Crippen molar-refractivity contribution in [2.45, 2.75) is 31.3 Å². The van der Waals surface area contributed by atoms with Crippen molar-refractivity contribution in [2.24, 2.45) is 0 Å². The Hall–Kier alpha value is -1.38. The Labute approximate surface area is 97.1 Å². The minimum absolute atomic E-state index is 0.208. The molecule has 4 atom stereocenters. The van der Waals surface area contributed by atoms with Crippen LogP contribution in [0.3, 0.4) is 0 Å². The van der Waals surface area contributed by atoms with Crippen molar-refractivity contribution >= 4 is 12.1 Å². The van der Waals surface area contributed by atoms with Gasteiger partial charge in [-0.3, -0.25) is 0 Å². The van der Waals surface area contributed by atoms with E-state index in [4.69, 9.17) is 14.6 Å². The van der Waals surface area contributed by atoms with E-state index >= 15 is 0 Å². The number of carboxylic acid groups (broad SMARTS) is 1. The minimum Gasteiger partial charge on any atom is -0.465 e. The zero-order valence-corrected chi connectivity index (χ0v) is 9.20. The van der Waals surface area contributed by atoms with Crippen molar-refractivity contribution < 1.29 is 34.4 Å². The highest BCUT2D eigenvalue weighted by atomic mass is 16.6. The average Bonchev–Trinajstić information content (AvgIpc) is 2.27. The van der Waals surface area contributed by atoms with Crippen LogP contribution in [0.25, 0.3) is 0 Å². The Kier molecular flexibility index (Phi) is 4.67. The Balaban J connectivity index is 2.72. The van der Waals surface area contributed by atoms with Gasteiger partial charge in [0.25, 0.3) is 0 Å². The van der Waals surface area contributed by atoms with Crippen molar-refractivity contribution in [3.05, 3.63) is 0 Å². The highest BCUT2D eigenvalue weighted by molar-refractivity contribution is 5.81. The molecule has 98 valence electrons. The van der Waals surface area contributed by atoms with Crippen molar-refractivity contribution in [1.29, 1.82) is 0 Å². The lowest BCUT2D eigenvalue weighted by atomic mass is 10.1. The van der Waals surface area contributed by atoms with Crippen molar-refractivity contribution in [3.8, 4) is 0 Å². The first-order valence-electron chi connectivity index (χ1n) is 5.05. The third-order valence-electron chi connectivity index (χ3n) is 2.33. The van der Waals surface area contributed by atoms with Gasteiger partial charge in [0.05, 0.1) is 13.2 Å². The van der Waals surface area contributed by atoms with Crippen molar-refractivity contribution in [1.82, 2.24) is 5.32 Å². The Morgan fingerprint density at radius 3 is 2.65 bits per heavy atom. The lowest BCUT2D eigenvalue weighted by Gasteiger charge is -2.22. The predicted molar refractivity (Wildman–Crippen MR) is 53.3 cm³/mol. The van der Waals surface area contributed by atoms with Gasteiger partial charge in [-0.25, -0.2) is 9.59 Å². The Morgan fingerprint density at radius 2 is 2.06 bits per heavy atom. The molecule has 0 aromatic carbocycles. The fraction of sp³-hybridized carbons (Fsp3) is 0.778. The number of esters is 1. The molecule has 0 unspecified atom stereocenters. The summed E-state index contributed by atoms with van der Waals surface area (Å²) in [5.74, 6) is -0.854. The van der Waals surface area contributed by atoms with Crippen LogP contribution in [-0.4, -0.2) is 64.9 Å². The van der Waals surface area contributed by atoms with Gasteiger partial charge in [-0.1, -0.05) is 0 Å². The molecule has 0 aromatic heterocycles. The van der Waals surface area contributed by atoms with Crippen molar-refractivity contribution in [3.63, 3.8) is 0 Å². The fourth-order valence-electron chi connectivity index (χ4n) is 1.37. The second-order valence-electron chi connectivity index (χ2n) is 3.74. The monoisotopic (exact) mass is 249 g/mol. The minimum atomic E-state index is -1.39. The molecular formula is C9H15NO7. The van der Waals surface area contributed by atoms with E-state index in [0.29, 0.717) is 0 Å². The molecule has 1 saturated heterocycles. The molecule has 0 spiro atoms. The maximum atomic E-state index is 11.5. The fourth-order valence-corrected chi connectivity index (χ4v) is 1.37. The van der Waals surface area contributed by atoms with E-state index in [9.17, 15) is 19.8 Å². The van der Waals surface area contributed by atoms with Gasteiger partial charge in [0, 0.05) is 0 Å². The van der Waals surface area contributed by atoms with Gasteiger partial charge in [0.1, 0.15) is 18.3 Å². The van der Waals surface area contributed by atoms with E-state index in [1.54, 1.807) is 0 Å². The van der Waals surface area contributed by atoms with Crippen LogP contribution in [0.1, 0.15) is 6.92 Å². The van der Waals surface area contributed by atoms with Gasteiger partial charge in [-0.05, 0) is 6.92 Å². The summed E-state index contributed by atoms with van der Waals surface area (Å²) in [6.45, 7) is 0.927. The number of aliphatic hydroxyl groups is 2. The summed E-state index contributed by atoms with van der Waals surface area (Å²) in [5.41, 5.74) is 0. The van der Waals surface area contributed by atoms with Crippen LogP contribution in [0.2, 0.25) is 0 Å². The topological polar surface area (TPSA) is 125 Å². The molecule has 8 nitrogen and oxygen atoms in total. The van der Waals surface area contributed by atoms with Crippen LogP contribution in [0, 0.1) is 0 Å². The second-order valence-corrected chi connectivity index (χ2v) is 3.74. The number of carbonyl (C=O) groups is 2. The number of hydrogen-bond acceptors (Lipinski definition) is 6. The first kappa shape index (κ1) is 13.7. The number of nitrogens with one attached hydrogen (secondary N) is 1. The summed E-state index contributed by atoms with van der Waals surface area (Å²) >= 11 is 0. The summed E-state index contributed by atoms with van der Waals surface area (Å²) in [4.78, 5) is 21.9. The second kappa shape index (κ2) is 5.80. The number of aliphatic hydroxyl groups excluding tert-OH is 2. The van der Waals surface area contributed by atoms with E-state index in [0.717, 1.165) is 0 Å². The zero-order chi connectivity index (χ0) is 13.0. The van der Waals surface area contributed by atoms with Crippen LogP contribution in [0.15, 0.2) is 0 Å². The van der Waals surface area contributed by atoms with E-state index in [1.165, 1.54) is 6.92 Å². The molecule has 8 heteroatoms. The number of amides is 1. The lowest BCUT2D eigenvalue weighted by molar-refractivity contribution is -0.158. The molecule has 0 aromatic rings. The van der Waals surface area contributed by atoms with Crippen LogP contribution in [-0.2, 0) is 14.3 Å². The van der Waals surface area contributed by atoms with Crippen LogP contribution >= 0.6 is 0 Å². The molecule has 1 heterocycles. The smallest absolute Gasteiger partial charge is 0.405 e. The van der Waals surface area contributed by atoms with Crippen LogP contribution < -0.4 is 5.32 Å². The molecule has 4 N–H and O–H groups in total. The molecule has 1 fully saturated rings. The highest BCUT2D eigenvalue weighted by Crippen LogP contribution is 2.09. The molecule has 0 aliphatic carbocycles. The largest absolute Gasteiger partial charge is 0.465 e. The molecule has 1 rings (SSSR count). The van der Waals surface area contributed by atoms with Crippen LogP contribution in [0.4, 0.5) is 4.79 Å². The lowest BCUT2D eigenvalue weighted by Crippen LogP contribution is -2.45.